The number of nitrogens with one attached hydrogen (secondary N) is 1. The van der Waals surface area contributed by atoms with Crippen molar-refractivity contribution in [2.75, 3.05) is 0 Å². The molecular formula is C8H9NO2. The van der Waals surface area contributed by atoms with E-state index in [1.807, 2.05) is 6.92 Å². The normalized spacial score (nSPS) is 17.9. The molecule has 0 amide bonds. The van der Waals surface area contributed by atoms with Crippen LogP contribution in [0, 0.1) is 5.92 Å². The first-order valence-electron chi connectivity index (χ1n) is 3.36. The first-order valence-corrected chi connectivity index (χ1v) is 3.36. The lowest BCUT2D eigenvalue weighted by molar-refractivity contribution is -0.105. The summed E-state index contributed by atoms with van der Waals surface area (Å²) in [6.07, 6.45) is 4.72. The third-order valence-corrected chi connectivity index (χ3v) is 1.77. The number of hydrogen-bond acceptors (Lipinski definition) is 3. The van der Waals surface area contributed by atoms with Gasteiger partial charge in [0.15, 0.2) is 0 Å². The number of hydrogen-bond donors (Lipinski definition) is 1. The zero-order valence-electron chi connectivity index (χ0n) is 6.20. The lowest BCUT2D eigenvalue weighted by Gasteiger charge is -2.15. The molecule has 1 aliphatic heterocycles. The van der Waals surface area contributed by atoms with Crippen LogP contribution in [0.5, 0.6) is 0 Å². The molecule has 0 saturated heterocycles. The summed E-state index contributed by atoms with van der Waals surface area (Å²) < 4.78 is 0. The maximum atomic E-state index is 10.4. The van der Waals surface area contributed by atoms with E-state index in [4.69, 9.17) is 0 Å². The molecule has 1 rings (SSSR count). The Hall–Kier alpha value is -1.38. The van der Waals surface area contributed by atoms with Gasteiger partial charge in [-0.3, -0.25) is 9.59 Å². The molecule has 0 unspecified atom stereocenters. The maximum absolute atomic E-state index is 10.4. The Bertz CT molecular complexity index is 216. The van der Waals surface area contributed by atoms with Gasteiger partial charge in [-0.25, -0.2) is 0 Å². The summed E-state index contributed by atoms with van der Waals surface area (Å²) in [5, 5.41) is 2.73. The zero-order chi connectivity index (χ0) is 8.27. The van der Waals surface area contributed by atoms with Crippen LogP contribution in [0.2, 0.25) is 0 Å². The Kier molecular flexibility index (Phi) is 2.21. The quantitative estimate of drug-likeness (QED) is 0.581. The first kappa shape index (κ1) is 7.72. The molecule has 0 fully saturated rings. The maximum Gasteiger partial charge on any atom is 0.148 e. The number of rotatable bonds is 2. The largest absolute Gasteiger partial charge is 0.367 e. The van der Waals surface area contributed by atoms with E-state index in [0.29, 0.717) is 11.1 Å². The molecule has 0 aromatic heterocycles. The molecule has 1 heterocycles. The van der Waals surface area contributed by atoms with Gasteiger partial charge in [0, 0.05) is 29.5 Å². The van der Waals surface area contributed by atoms with Gasteiger partial charge in [-0.05, 0) is 0 Å². The van der Waals surface area contributed by atoms with Gasteiger partial charge in [0.25, 0.3) is 0 Å². The van der Waals surface area contributed by atoms with Crippen molar-refractivity contribution in [1.29, 1.82) is 0 Å². The predicted octanol–water partition coefficient (Wildman–Crippen LogP) is 0.391. The Morgan fingerprint density at radius 3 is 2.09 bits per heavy atom. The van der Waals surface area contributed by atoms with Gasteiger partial charge in [0.1, 0.15) is 12.6 Å². The van der Waals surface area contributed by atoms with Crippen LogP contribution in [-0.4, -0.2) is 12.6 Å². The second-order valence-corrected chi connectivity index (χ2v) is 2.41. The van der Waals surface area contributed by atoms with Gasteiger partial charge in [0.05, 0.1) is 0 Å². The minimum atomic E-state index is -0.0775. The third kappa shape index (κ3) is 1.37. The lowest BCUT2D eigenvalue weighted by Crippen LogP contribution is -2.16. The fourth-order valence-electron chi connectivity index (χ4n) is 0.949. The van der Waals surface area contributed by atoms with Gasteiger partial charge in [-0.2, -0.15) is 0 Å². The molecular weight excluding hydrogens is 142 g/mol. The van der Waals surface area contributed by atoms with Crippen molar-refractivity contribution in [2.24, 2.45) is 5.92 Å². The summed E-state index contributed by atoms with van der Waals surface area (Å²) in [6.45, 7) is 1.82. The average Bonchev–Trinajstić information content (AvgIpc) is 2.05. The summed E-state index contributed by atoms with van der Waals surface area (Å²) in [5.74, 6) is -0.0775. The minimum Gasteiger partial charge on any atom is -0.367 e. The highest BCUT2D eigenvalue weighted by molar-refractivity contribution is 5.82. The number of allylic oxidation sites excluding steroid dienone is 2. The second kappa shape index (κ2) is 3.14. The van der Waals surface area contributed by atoms with Crippen LogP contribution in [0.3, 0.4) is 0 Å². The van der Waals surface area contributed by atoms with Gasteiger partial charge in [-0.1, -0.05) is 6.92 Å². The summed E-state index contributed by atoms with van der Waals surface area (Å²) in [4.78, 5) is 20.8. The van der Waals surface area contributed by atoms with E-state index >= 15 is 0 Å². The van der Waals surface area contributed by atoms with Crippen molar-refractivity contribution in [3.8, 4) is 0 Å². The molecule has 1 N–H and O–H groups in total. The summed E-state index contributed by atoms with van der Waals surface area (Å²) in [7, 11) is 0. The number of carbonyl (C=O) groups excluding carboxylic acids is 2. The topological polar surface area (TPSA) is 46.2 Å². The smallest absolute Gasteiger partial charge is 0.148 e. The standard InChI is InChI=1S/C8H9NO2/c1-6-7(4-10)2-9-3-8(6)5-11/h2-6,9H,1H3. The summed E-state index contributed by atoms with van der Waals surface area (Å²) >= 11 is 0. The average molecular weight is 151 g/mol. The Balaban J connectivity index is 2.84. The zero-order valence-corrected chi connectivity index (χ0v) is 6.20. The van der Waals surface area contributed by atoms with Crippen LogP contribution in [-0.2, 0) is 9.59 Å². The number of carbonyl (C=O) groups is 2. The van der Waals surface area contributed by atoms with Crippen LogP contribution in [0.15, 0.2) is 23.5 Å². The van der Waals surface area contributed by atoms with Crippen LogP contribution in [0.25, 0.3) is 0 Å². The van der Waals surface area contributed by atoms with Gasteiger partial charge in [0.2, 0.25) is 0 Å². The Labute approximate surface area is 64.8 Å². The SMILES string of the molecule is CC1C(C=O)=CNC=C1C=O. The van der Waals surface area contributed by atoms with E-state index in [1.165, 1.54) is 0 Å². The molecule has 0 saturated carbocycles. The summed E-state index contributed by atoms with van der Waals surface area (Å²) in [5.41, 5.74) is 1.21. The van der Waals surface area contributed by atoms with E-state index < -0.39 is 0 Å². The molecule has 11 heavy (non-hydrogen) atoms. The fraction of sp³-hybridized carbons (Fsp3) is 0.250. The number of dihydropyridines is 1. The Morgan fingerprint density at radius 2 is 1.73 bits per heavy atom. The van der Waals surface area contributed by atoms with Gasteiger partial charge >= 0.3 is 0 Å². The molecule has 3 nitrogen and oxygen atoms in total. The predicted molar refractivity (Wildman–Crippen MR) is 40.6 cm³/mol. The summed E-state index contributed by atoms with van der Waals surface area (Å²) in [6, 6.07) is 0. The van der Waals surface area contributed by atoms with Crippen molar-refractivity contribution in [3.05, 3.63) is 23.5 Å². The molecule has 3 heteroatoms. The third-order valence-electron chi connectivity index (χ3n) is 1.77. The van der Waals surface area contributed by atoms with Crippen molar-refractivity contribution in [1.82, 2.24) is 5.32 Å². The van der Waals surface area contributed by atoms with E-state index in [-0.39, 0.29) is 5.92 Å². The van der Waals surface area contributed by atoms with Gasteiger partial charge in [-0.15, -0.1) is 0 Å². The molecule has 0 spiro atoms. The molecule has 1 aliphatic rings. The van der Waals surface area contributed by atoms with Crippen molar-refractivity contribution < 1.29 is 9.59 Å². The Morgan fingerprint density at radius 1 is 1.27 bits per heavy atom. The number of aldehydes is 2. The highest BCUT2D eigenvalue weighted by atomic mass is 16.1. The molecule has 0 aromatic rings. The molecule has 58 valence electrons. The second-order valence-electron chi connectivity index (χ2n) is 2.41. The van der Waals surface area contributed by atoms with E-state index in [1.54, 1.807) is 12.4 Å². The van der Waals surface area contributed by atoms with Crippen LogP contribution < -0.4 is 5.32 Å². The van der Waals surface area contributed by atoms with E-state index in [0.717, 1.165) is 12.6 Å². The molecule has 0 aromatic carbocycles. The van der Waals surface area contributed by atoms with Crippen molar-refractivity contribution in [2.45, 2.75) is 6.92 Å². The lowest BCUT2D eigenvalue weighted by atomic mass is 9.94. The molecule has 0 aliphatic carbocycles. The van der Waals surface area contributed by atoms with Gasteiger partial charge < -0.3 is 5.32 Å². The highest BCUT2D eigenvalue weighted by Gasteiger charge is 2.15. The van der Waals surface area contributed by atoms with Crippen molar-refractivity contribution in [3.63, 3.8) is 0 Å². The fourth-order valence-corrected chi connectivity index (χ4v) is 0.949. The molecule has 0 atom stereocenters. The monoisotopic (exact) mass is 151 g/mol. The van der Waals surface area contributed by atoms with E-state index in [9.17, 15) is 9.59 Å². The van der Waals surface area contributed by atoms with Crippen LogP contribution in [0.1, 0.15) is 6.92 Å². The molecule has 0 radical (unpaired) electrons. The molecule has 0 bridgehead atoms. The van der Waals surface area contributed by atoms with E-state index in [2.05, 4.69) is 5.32 Å². The van der Waals surface area contributed by atoms with Crippen molar-refractivity contribution >= 4 is 12.6 Å². The van der Waals surface area contributed by atoms with Crippen LogP contribution >= 0.6 is 0 Å². The first-order chi connectivity index (χ1) is 5.29. The minimum absolute atomic E-state index is 0.0775. The highest BCUT2D eigenvalue weighted by Crippen LogP contribution is 2.18. The van der Waals surface area contributed by atoms with Crippen LogP contribution in [0.4, 0.5) is 0 Å².